The molecular formula is C24H25NO2. The van der Waals surface area contributed by atoms with E-state index in [-0.39, 0.29) is 23.0 Å². The van der Waals surface area contributed by atoms with Gasteiger partial charge in [-0.15, -0.1) is 0 Å². The minimum Gasteiger partial charge on any atom is -0.308 e. The van der Waals surface area contributed by atoms with Gasteiger partial charge in [-0.25, -0.2) is 0 Å². The number of allylic oxidation sites excluding steroid dienone is 2. The lowest BCUT2D eigenvalue weighted by Crippen LogP contribution is -2.31. The molecule has 4 rings (SSSR count). The first-order chi connectivity index (χ1) is 12.9. The van der Waals surface area contributed by atoms with E-state index in [9.17, 15) is 9.59 Å². The molecule has 2 atom stereocenters. The summed E-state index contributed by atoms with van der Waals surface area (Å²) < 4.78 is 0. The molecule has 2 aliphatic rings. The summed E-state index contributed by atoms with van der Waals surface area (Å²) >= 11 is 0. The molecule has 2 fully saturated rings. The Morgan fingerprint density at radius 2 is 1.63 bits per heavy atom. The van der Waals surface area contributed by atoms with Crippen molar-refractivity contribution < 1.29 is 9.59 Å². The Kier molecular flexibility index (Phi) is 4.26. The Hall–Kier alpha value is -2.68. The fourth-order valence-corrected chi connectivity index (χ4v) is 4.60. The van der Waals surface area contributed by atoms with Gasteiger partial charge in [0.1, 0.15) is 0 Å². The van der Waals surface area contributed by atoms with Crippen LogP contribution in [0.15, 0.2) is 71.9 Å². The molecule has 2 saturated carbocycles. The summed E-state index contributed by atoms with van der Waals surface area (Å²) in [5.74, 6) is 0.868. The number of carbonyl (C=O) groups excluding carboxylic acids is 2. The summed E-state index contributed by atoms with van der Waals surface area (Å²) in [6.45, 7) is 6.86. The average Bonchev–Trinajstić information content (AvgIpc) is 3.02. The molecule has 3 heteroatoms. The monoisotopic (exact) mass is 359 g/mol. The van der Waals surface area contributed by atoms with Crippen LogP contribution in [-0.4, -0.2) is 16.6 Å². The second kappa shape index (κ2) is 6.49. The van der Waals surface area contributed by atoms with Gasteiger partial charge in [0.15, 0.2) is 5.78 Å². The molecule has 3 nitrogen and oxygen atoms in total. The number of carbonyl (C=O) groups is 2. The van der Waals surface area contributed by atoms with Gasteiger partial charge in [-0.3, -0.25) is 9.59 Å². The van der Waals surface area contributed by atoms with Gasteiger partial charge in [-0.1, -0.05) is 62.4 Å². The van der Waals surface area contributed by atoms with E-state index in [2.05, 4.69) is 13.8 Å². The van der Waals surface area contributed by atoms with Crippen molar-refractivity contribution in [2.24, 2.45) is 17.3 Å². The van der Waals surface area contributed by atoms with E-state index in [0.717, 1.165) is 16.8 Å². The van der Waals surface area contributed by atoms with Crippen molar-refractivity contribution >= 4 is 11.7 Å². The molecule has 0 unspecified atom stereocenters. The van der Waals surface area contributed by atoms with Gasteiger partial charge in [0.25, 0.3) is 5.91 Å². The minimum atomic E-state index is -0.0563. The molecule has 2 aromatic rings. The molecule has 27 heavy (non-hydrogen) atoms. The predicted molar refractivity (Wildman–Crippen MR) is 106 cm³/mol. The highest BCUT2D eigenvalue weighted by Crippen LogP contribution is 2.68. The van der Waals surface area contributed by atoms with Crippen LogP contribution in [0.1, 0.15) is 43.1 Å². The third kappa shape index (κ3) is 3.01. The first-order valence-corrected chi connectivity index (χ1v) is 9.56. The number of rotatable bonds is 4. The number of fused-ring (bicyclic) bond motifs is 1. The molecule has 0 saturated heterocycles. The van der Waals surface area contributed by atoms with E-state index in [1.54, 1.807) is 4.90 Å². The molecule has 1 amide bonds. The first kappa shape index (κ1) is 17.7. The van der Waals surface area contributed by atoms with Gasteiger partial charge in [0, 0.05) is 23.3 Å². The number of ketones is 1. The quantitative estimate of drug-likeness (QED) is 0.732. The third-order valence-electron chi connectivity index (χ3n) is 6.31. The van der Waals surface area contributed by atoms with E-state index in [1.807, 2.05) is 67.6 Å². The smallest absolute Gasteiger partial charge is 0.258 e. The van der Waals surface area contributed by atoms with Crippen LogP contribution in [0.2, 0.25) is 0 Å². The van der Waals surface area contributed by atoms with Crippen LogP contribution in [0.4, 0.5) is 0 Å². The van der Waals surface area contributed by atoms with Crippen molar-refractivity contribution in [1.82, 2.24) is 4.90 Å². The van der Waals surface area contributed by atoms with Crippen molar-refractivity contribution in [3.8, 4) is 0 Å². The fourth-order valence-electron chi connectivity index (χ4n) is 4.60. The maximum atomic E-state index is 13.3. The van der Waals surface area contributed by atoms with Crippen molar-refractivity contribution in [1.29, 1.82) is 0 Å². The summed E-state index contributed by atoms with van der Waals surface area (Å²) in [5.41, 5.74) is 3.55. The lowest BCUT2D eigenvalue weighted by atomic mass is 9.94. The zero-order valence-corrected chi connectivity index (χ0v) is 16.1. The highest BCUT2D eigenvalue weighted by atomic mass is 16.2. The lowest BCUT2D eigenvalue weighted by Gasteiger charge is -2.26. The van der Waals surface area contributed by atoms with Crippen LogP contribution < -0.4 is 0 Å². The van der Waals surface area contributed by atoms with Crippen LogP contribution in [0, 0.1) is 17.3 Å². The molecule has 2 aromatic carbocycles. The number of nitrogens with zero attached hydrogens (tertiary/aromatic N) is 1. The highest BCUT2D eigenvalue weighted by Gasteiger charge is 2.65. The number of Topliss-reactive ketones (excluding diaryl/α,β-unsaturated/α-hetero) is 1. The lowest BCUT2D eigenvalue weighted by molar-refractivity contribution is -0.115. The highest BCUT2D eigenvalue weighted by molar-refractivity contribution is 6.03. The van der Waals surface area contributed by atoms with Crippen LogP contribution >= 0.6 is 0 Å². The van der Waals surface area contributed by atoms with Crippen molar-refractivity contribution in [3.63, 3.8) is 0 Å². The number of amides is 1. The number of hydrogen-bond donors (Lipinski definition) is 0. The van der Waals surface area contributed by atoms with Gasteiger partial charge < -0.3 is 4.90 Å². The van der Waals surface area contributed by atoms with Gasteiger partial charge >= 0.3 is 0 Å². The van der Waals surface area contributed by atoms with Gasteiger partial charge in [0.2, 0.25) is 0 Å². The van der Waals surface area contributed by atoms with E-state index >= 15 is 0 Å². The SMILES string of the molecule is CC(=C1C(=O)C[C@@H]2[C@H]1C2(C)C)N(Cc1ccccc1)C(=O)c1ccccc1. The van der Waals surface area contributed by atoms with E-state index < -0.39 is 0 Å². The standard InChI is InChI=1S/C24H25NO2/c1-16(21-20(26)14-19-22(21)24(19,2)3)25(15-17-10-6-4-7-11-17)23(27)18-12-8-5-9-13-18/h4-13,19,22H,14-15H2,1-3H3/t19-,22-/m1/s1. The molecule has 2 aliphatic carbocycles. The zero-order chi connectivity index (χ0) is 19.2. The van der Waals surface area contributed by atoms with Gasteiger partial charge in [-0.05, 0) is 41.9 Å². The Morgan fingerprint density at radius 1 is 1.04 bits per heavy atom. The van der Waals surface area contributed by atoms with E-state index in [0.29, 0.717) is 24.4 Å². The molecule has 0 spiro atoms. The summed E-state index contributed by atoms with van der Waals surface area (Å²) in [7, 11) is 0. The van der Waals surface area contributed by atoms with Crippen molar-refractivity contribution in [2.75, 3.05) is 0 Å². The van der Waals surface area contributed by atoms with Crippen LogP contribution in [-0.2, 0) is 11.3 Å². The summed E-state index contributed by atoms with van der Waals surface area (Å²) in [6, 6.07) is 19.3. The normalized spacial score (nSPS) is 24.3. The molecule has 0 N–H and O–H groups in total. The van der Waals surface area contributed by atoms with E-state index in [1.165, 1.54) is 0 Å². The van der Waals surface area contributed by atoms with Crippen molar-refractivity contribution in [3.05, 3.63) is 83.1 Å². The van der Waals surface area contributed by atoms with Crippen molar-refractivity contribution in [2.45, 2.75) is 33.7 Å². The largest absolute Gasteiger partial charge is 0.308 e. The molecule has 0 aliphatic heterocycles. The second-order valence-corrected chi connectivity index (χ2v) is 8.27. The summed E-state index contributed by atoms with van der Waals surface area (Å²) in [6.07, 6.45) is 0.614. The second-order valence-electron chi connectivity index (χ2n) is 8.27. The number of hydrogen-bond acceptors (Lipinski definition) is 2. The third-order valence-corrected chi connectivity index (χ3v) is 6.31. The topological polar surface area (TPSA) is 37.4 Å². The number of benzene rings is 2. The Morgan fingerprint density at radius 3 is 2.22 bits per heavy atom. The zero-order valence-electron chi connectivity index (χ0n) is 16.1. The Bertz CT molecular complexity index is 912. The molecule has 0 aromatic heterocycles. The maximum Gasteiger partial charge on any atom is 0.258 e. The van der Waals surface area contributed by atoms with Gasteiger partial charge in [-0.2, -0.15) is 0 Å². The van der Waals surface area contributed by atoms with Crippen LogP contribution in [0.5, 0.6) is 0 Å². The maximum absolute atomic E-state index is 13.3. The van der Waals surface area contributed by atoms with Crippen LogP contribution in [0.3, 0.4) is 0 Å². The van der Waals surface area contributed by atoms with E-state index in [4.69, 9.17) is 0 Å². The van der Waals surface area contributed by atoms with Crippen LogP contribution in [0.25, 0.3) is 0 Å². The summed E-state index contributed by atoms with van der Waals surface area (Å²) in [5, 5.41) is 0. The van der Waals surface area contributed by atoms with Gasteiger partial charge in [0.05, 0.1) is 6.54 Å². The fraction of sp³-hybridized carbons (Fsp3) is 0.333. The Labute approximate surface area is 160 Å². The molecule has 0 radical (unpaired) electrons. The molecule has 0 bridgehead atoms. The molecular weight excluding hydrogens is 334 g/mol. The molecule has 0 heterocycles. The minimum absolute atomic E-state index is 0.0563. The summed E-state index contributed by atoms with van der Waals surface area (Å²) in [4.78, 5) is 27.8. The Balaban J connectivity index is 1.75. The first-order valence-electron chi connectivity index (χ1n) is 9.56. The average molecular weight is 359 g/mol. The molecule has 138 valence electrons. The predicted octanol–water partition coefficient (Wildman–Crippen LogP) is 4.85.